The minimum atomic E-state index is -0.466. The van der Waals surface area contributed by atoms with E-state index in [1.165, 1.54) is 12.1 Å². The standard InChI is InChI=1S/C24H30FNO3/c1-4-29-23(28)26-22(16-7-5-6-8-16)20-15-18(11-14-21(20)27)24(2,3)17-9-12-19(25)13-10-17/h9-16,22,27H,4-8H2,1-3H3,(H,26,28). The number of phenolic OH excluding ortho intramolecular Hbond substituents is 1. The van der Waals surface area contributed by atoms with E-state index < -0.39 is 6.09 Å². The van der Waals surface area contributed by atoms with Gasteiger partial charge in [-0.2, -0.15) is 0 Å². The van der Waals surface area contributed by atoms with Crippen LogP contribution < -0.4 is 5.32 Å². The zero-order valence-electron chi connectivity index (χ0n) is 17.4. The lowest BCUT2D eigenvalue weighted by Crippen LogP contribution is -2.33. The van der Waals surface area contributed by atoms with Gasteiger partial charge in [0.05, 0.1) is 12.6 Å². The maximum absolute atomic E-state index is 13.4. The molecule has 1 saturated carbocycles. The lowest BCUT2D eigenvalue weighted by atomic mass is 9.76. The van der Waals surface area contributed by atoms with Crippen molar-refractivity contribution in [2.24, 2.45) is 5.92 Å². The average molecular weight is 400 g/mol. The summed E-state index contributed by atoms with van der Waals surface area (Å²) >= 11 is 0. The number of rotatable bonds is 6. The van der Waals surface area contributed by atoms with Gasteiger partial charge < -0.3 is 15.2 Å². The van der Waals surface area contributed by atoms with E-state index >= 15 is 0 Å². The van der Waals surface area contributed by atoms with Crippen molar-refractivity contribution < 1.29 is 19.0 Å². The summed E-state index contributed by atoms with van der Waals surface area (Å²) in [6.07, 6.45) is 3.77. The average Bonchev–Trinajstić information content (AvgIpc) is 3.22. The monoisotopic (exact) mass is 399 g/mol. The molecule has 0 bridgehead atoms. The van der Waals surface area contributed by atoms with Crippen LogP contribution in [0.15, 0.2) is 42.5 Å². The summed E-state index contributed by atoms with van der Waals surface area (Å²) in [4.78, 5) is 12.2. The van der Waals surface area contributed by atoms with Crippen LogP contribution in [-0.4, -0.2) is 17.8 Å². The topological polar surface area (TPSA) is 58.6 Å². The summed E-state index contributed by atoms with van der Waals surface area (Å²) in [6, 6.07) is 11.7. The lowest BCUT2D eigenvalue weighted by molar-refractivity contribution is 0.143. The number of hydrogen-bond acceptors (Lipinski definition) is 3. The molecule has 156 valence electrons. The van der Waals surface area contributed by atoms with Gasteiger partial charge in [-0.15, -0.1) is 0 Å². The fourth-order valence-corrected chi connectivity index (χ4v) is 4.27. The molecule has 1 amide bonds. The SMILES string of the molecule is CCOC(=O)NC(c1cc(C(C)(C)c2ccc(F)cc2)ccc1O)C1CCCC1. The third kappa shape index (κ3) is 4.72. The molecule has 1 aliphatic rings. The maximum Gasteiger partial charge on any atom is 0.407 e. The van der Waals surface area contributed by atoms with Crippen LogP contribution in [0.2, 0.25) is 0 Å². The van der Waals surface area contributed by atoms with Crippen molar-refractivity contribution in [3.63, 3.8) is 0 Å². The second-order valence-electron chi connectivity index (χ2n) is 8.29. The van der Waals surface area contributed by atoms with E-state index in [0.29, 0.717) is 12.2 Å². The smallest absolute Gasteiger partial charge is 0.407 e. The number of amides is 1. The van der Waals surface area contributed by atoms with E-state index in [9.17, 15) is 14.3 Å². The largest absolute Gasteiger partial charge is 0.508 e. The van der Waals surface area contributed by atoms with Crippen LogP contribution in [0.5, 0.6) is 5.75 Å². The highest BCUT2D eigenvalue weighted by Crippen LogP contribution is 2.41. The number of benzene rings is 2. The van der Waals surface area contributed by atoms with Gasteiger partial charge >= 0.3 is 6.09 Å². The first kappa shape index (κ1) is 21.2. The van der Waals surface area contributed by atoms with Gasteiger partial charge in [0.1, 0.15) is 11.6 Å². The first-order valence-corrected chi connectivity index (χ1v) is 10.4. The summed E-state index contributed by atoms with van der Waals surface area (Å²) in [5.74, 6) is 0.155. The number of halogens is 1. The van der Waals surface area contributed by atoms with Crippen molar-refractivity contribution in [1.29, 1.82) is 0 Å². The van der Waals surface area contributed by atoms with Crippen LogP contribution >= 0.6 is 0 Å². The van der Waals surface area contributed by atoms with E-state index in [1.54, 1.807) is 25.1 Å². The number of alkyl carbamates (subject to hydrolysis) is 1. The summed E-state index contributed by atoms with van der Waals surface area (Å²) in [7, 11) is 0. The fraction of sp³-hybridized carbons (Fsp3) is 0.458. The van der Waals surface area contributed by atoms with Gasteiger partial charge in [-0.3, -0.25) is 0 Å². The second-order valence-corrected chi connectivity index (χ2v) is 8.29. The number of carbonyl (C=O) groups excluding carboxylic acids is 1. The number of hydrogen-bond donors (Lipinski definition) is 2. The van der Waals surface area contributed by atoms with Gasteiger partial charge in [-0.25, -0.2) is 9.18 Å². The maximum atomic E-state index is 13.4. The highest BCUT2D eigenvalue weighted by Gasteiger charge is 2.32. The molecular weight excluding hydrogens is 369 g/mol. The summed E-state index contributed by atoms with van der Waals surface area (Å²) < 4.78 is 18.5. The Morgan fingerprint density at radius 2 is 1.79 bits per heavy atom. The van der Waals surface area contributed by atoms with Gasteiger partial charge in [-0.05, 0) is 61.1 Å². The molecule has 1 aliphatic carbocycles. The molecule has 29 heavy (non-hydrogen) atoms. The van der Waals surface area contributed by atoms with Crippen LogP contribution in [0.3, 0.4) is 0 Å². The molecule has 0 spiro atoms. The molecule has 0 aliphatic heterocycles. The number of aromatic hydroxyl groups is 1. The Kier molecular flexibility index (Phi) is 6.46. The number of ether oxygens (including phenoxy) is 1. The summed E-state index contributed by atoms with van der Waals surface area (Å²) in [5, 5.41) is 13.6. The second kappa shape index (κ2) is 8.85. The predicted molar refractivity (Wildman–Crippen MR) is 111 cm³/mol. The number of carbonyl (C=O) groups is 1. The van der Waals surface area contributed by atoms with E-state index in [-0.39, 0.29) is 28.9 Å². The van der Waals surface area contributed by atoms with Crippen LogP contribution in [0.25, 0.3) is 0 Å². The predicted octanol–water partition coefficient (Wildman–Crippen LogP) is 5.83. The third-order valence-corrected chi connectivity index (χ3v) is 6.07. The zero-order chi connectivity index (χ0) is 21.0. The quantitative estimate of drug-likeness (QED) is 0.642. The van der Waals surface area contributed by atoms with Crippen molar-refractivity contribution in [3.05, 3.63) is 65.0 Å². The molecule has 1 fully saturated rings. The molecule has 0 saturated heterocycles. The summed E-state index contributed by atoms with van der Waals surface area (Å²) in [6.45, 7) is 6.21. The molecule has 3 rings (SSSR count). The van der Waals surface area contributed by atoms with Gasteiger partial charge in [-0.1, -0.05) is 44.9 Å². The molecule has 2 N–H and O–H groups in total. The van der Waals surface area contributed by atoms with E-state index in [4.69, 9.17) is 4.74 Å². The van der Waals surface area contributed by atoms with Crippen LogP contribution in [0.4, 0.5) is 9.18 Å². The summed E-state index contributed by atoms with van der Waals surface area (Å²) in [5.41, 5.74) is 2.29. The molecule has 1 unspecified atom stereocenters. The molecule has 2 aromatic rings. The first-order valence-electron chi connectivity index (χ1n) is 10.4. The zero-order valence-corrected chi connectivity index (χ0v) is 17.4. The van der Waals surface area contributed by atoms with Gasteiger partial charge in [0.25, 0.3) is 0 Å². The number of nitrogens with one attached hydrogen (secondary N) is 1. The van der Waals surface area contributed by atoms with Crippen molar-refractivity contribution in [1.82, 2.24) is 5.32 Å². The van der Waals surface area contributed by atoms with E-state index in [2.05, 4.69) is 19.2 Å². The van der Waals surface area contributed by atoms with Crippen molar-refractivity contribution >= 4 is 6.09 Å². The molecule has 4 nitrogen and oxygen atoms in total. The Morgan fingerprint density at radius 1 is 1.17 bits per heavy atom. The van der Waals surface area contributed by atoms with Gasteiger partial charge in [0.15, 0.2) is 0 Å². The Balaban J connectivity index is 1.98. The Labute approximate surface area is 172 Å². The van der Waals surface area contributed by atoms with Crippen molar-refractivity contribution in [2.45, 2.75) is 57.9 Å². The van der Waals surface area contributed by atoms with Crippen molar-refractivity contribution in [2.75, 3.05) is 6.61 Å². The Hall–Kier alpha value is -2.56. The molecule has 2 aromatic carbocycles. The molecule has 0 radical (unpaired) electrons. The normalized spacial score (nSPS) is 15.9. The molecule has 0 heterocycles. The highest BCUT2D eigenvalue weighted by molar-refractivity contribution is 5.68. The first-order chi connectivity index (χ1) is 13.8. The van der Waals surface area contributed by atoms with Crippen LogP contribution in [-0.2, 0) is 10.2 Å². The molecule has 5 heteroatoms. The number of phenols is 1. The minimum Gasteiger partial charge on any atom is -0.508 e. The van der Waals surface area contributed by atoms with Crippen LogP contribution in [0.1, 0.15) is 69.2 Å². The highest BCUT2D eigenvalue weighted by atomic mass is 19.1. The van der Waals surface area contributed by atoms with Crippen molar-refractivity contribution in [3.8, 4) is 5.75 Å². The fourth-order valence-electron chi connectivity index (χ4n) is 4.27. The molecule has 0 aromatic heterocycles. The van der Waals surface area contributed by atoms with Gasteiger partial charge in [0, 0.05) is 11.0 Å². The van der Waals surface area contributed by atoms with Crippen LogP contribution in [0, 0.1) is 11.7 Å². The van der Waals surface area contributed by atoms with E-state index in [0.717, 1.165) is 36.8 Å². The minimum absolute atomic E-state index is 0.164. The van der Waals surface area contributed by atoms with Gasteiger partial charge in [0.2, 0.25) is 0 Å². The Morgan fingerprint density at radius 3 is 2.41 bits per heavy atom. The lowest BCUT2D eigenvalue weighted by Gasteiger charge is -2.30. The van der Waals surface area contributed by atoms with E-state index in [1.807, 2.05) is 12.1 Å². The third-order valence-electron chi connectivity index (χ3n) is 6.07. The molecular formula is C24H30FNO3. The Bertz CT molecular complexity index is 842. The molecule has 1 atom stereocenters.